The molecule has 1 N–H and O–H groups in total. The number of benzene rings is 1. The summed E-state index contributed by atoms with van der Waals surface area (Å²) in [5.41, 5.74) is 1.23. The van der Waals surface area contributed by atoms with Gasteiger partial charge in [0.25, 0.3) is 11.8 Å². The van der Waals surface area contributed by atoms with Crippen LogP contribution in [0.2, 0.25) is 5.02 Å². The number of aryl methyl sites for hydroxylation is 1. The minimum absolute atomic E-state index is 0.0338. The third-order valence-corrected chi connectivity index (χ3v) is 6.70. The van der Waals surface area contributed by atoms with Crippen LogP contribution in [0, 0.1) is 24.2 Å². The van der Waals surface area contributed by atoms with E-state index in [4.69, 9.17) is 11.6 Å². The predicted octanol–water partition coefficient (Wildman–Crippen LogP) is 4.27. The number of carbonyl (C=O) groups is 2. The fourth-order valence-electron chi connectivity index (χ4n) is 3.58. The zero-order chi connectivity index (χ0) is 21.8. The fraction of sp³-hybridized carbons (Fsp3) is 0.409. The molecule has 2 amide bonds. The van der Waals surface area contributed by atoms with Crippen LogP contribution in [0.5, 0.6) is 0 Å². The summed E-state index contributed by atoms with van der Waals surface area (Å²) < 4.78 is 0. The minimum atomic E-state index is -0.300. The minimum Gasteiger partial charge on any atom is -0.335 e. The van der Waals surface area contributed by atoms with Crippen LogP contribution in [0.3, 0.4) is 0 Å². The van der Waals surface area contributed by atoms with Crippen molar-refractivity contribution in [2.24, 2.45) is 5.92 Å². The van der Waals surface area contributed by atoms with E-state index < -0.39 is 0 Å². The molecular formula is C22H25ClN4O2S. The van der Waals surface area contributed by atoms with Crippen molar-refractivity contribution in [2.45, 2.75) is 26.8 Å². The smallest absolute Gasteiger partial charge is 0.264 e. The van der Waals surface area contributed by atoms with E-state index in [2.05, 4.69) is 16.3 Å². The van der Waals surface area contributed by atoms with E-state index in [1.807, 2.05) is 31.7 Å². The van der Waals surface area contributed by atoms with E-state index in [-0.39, 0.29) is 23.8 Å². The molecular weight excluding hydrogens is 420 g/mol. The molecule has 8 heteroatoms. The molecule has 0 spiro atoms. The summed E-state index contributed by atoms with van der Waals surface area (Å²) in [5.74, 6) is -0.0831. The second kappa shape index (κ2) is 9.61. The number of hydrogen-bond donors (Lipinski definition) is 1. The highest BCUT2D eigenvalue weighted by atomic mass is 35.5. The first-order valence-corrected chi connectivity index (χ1v) is 11.1. The Kier molecular flexibility index (Phi) is 7.14. The lowest BCUT2D eigenvalue weighted by molar-refractivity contribution is 0.0580. The normalized spacial score (nSPS) is 15.7. The molecule has 0 bridgehead atoms. The number of anilines is 1. The molecule has 1 atom stereocenters. The monoisotopic (exact) mass is 444 g/mol. The van der Waals surface area contributed by atoms with E-state index in [1.54, 1.807) is 24.3 Å². The van der Waals surface area contributed by atoms with E-state index in [0.29, 0.717) is 46.6 Å². The van der Waals surface area contributed by atoms with Crippen molar-refractivity contribution in [3.63, 3.8) is 0 Å². The van der Waals surface area contributed by atoms with Gasteiger partial charge in [-0.1, -0.05) is 37.6 Å². The molecule has 158 valence electrons. The van der Waals surface area contributed by atoms with E-state index in [9.17, 15) is 14.9 Å². The maximum absolute atomic E-state index is 13.0. The van der Waals surface area contributed by atoms with Gasteiger partial charge in [0, 0.05) is 26.2 Å². The molecule has 0 saturated carbocycles. The Bertz CT molecular complexity index is 974. The maximum atomic E-state index is 13.0. The second-order valence-electron chi connectivity index (χ2n) is 7.70. The molecule has 1 saturated heterocycles. The van der Waals surface area contributed by atoms with Gasteiger partial charge in [0.15, 0.2) is 0 Å². The Hall–Kier alpha value is -2.40. The van der Waals surface area contributed by atoms with Crippen molar-refractivity contribution in [1.82, 2.24) is 9.80 Å². The second-order valence-corrected chi connectivity index (χ2v) is 9.16. The van der Waals surface area contributed by atoms with Gasteiger partial charge in [0.2, 0.25) is 0 Å². The lowest BCUT2D eigenvalue weighted by Gasteiger charge is -2.38. The molecule has 6 nitrogen and oxygen atoms in total. The summed E-state index contributed by atoms with van der Waals surface area (Å²) in [7, 11) is 0. The Morgan fingerprint density at radius 3 is 2.47 bits per heavy atom. The Morgan fingerprint density at radius 2 is 1.87 bits per heavy atom. The number of halogens is 1. The highest BCUT2D eigenvalue weighted by Crippen LogP contribution is 2.29. The summed E-state index contributed by atoms with van der Waals surface area (Å²) in [4.78, 5) is 30.1. The third kappa shape index (κ3) is 4.84. The van der Waals surface area contributed by atoms with Crippen LogP contribution in [-0.2, 0) is 0 Å². The lowest BCUT2D eigenvalue weighted by atomic mass is 10.0. The largest absolute Gasteiger partial charge is 0.335 e. The first-order chi connectivity index (χ1) is 14.3. The quantitative estimate of drug-likeness (QED) is 0.747. The molecule has 1 aliphatic rings. The van der Waals surface area contributed by atoms with Gasteiger partial charge in [-0.05, 0) is 36.6 Å². The van der Waals surface area contributed by atoms with Crippen LogP contribution in [0.4, 0.5) is 5.00 Å². The van der Waals surface area contributed by atoms with Gasteiger partial charge in [-0.2, -0.15) is 5.26 Å². The SMILES string of the molecule is Cc1cc(NC(=O)c2ccccc2Cl)sc1C(=O)N1CCN(C(C#N)C(C)C)CC1. The summed E-state index contributed by atoms with van der Waals surface area (Å²) in [5, 5.41) is 13.2. The van der Waals surface area contributed by atoms with Crippen LogP contribution in [-0.4, -0.2) is 53.8 Å². The summed E-state index contributed by atoms with van der Waals surface area (Å²) in [6, 6.07) is 10.9. The molecule has 0 radical (unpaired) electrons. The van der Waals surface area contributed by atoms with Crippen LogP contribution in [0.25, 0.3) is 0 Å². The van der Waals surface area contributed by atoms with Gasteiger partial charge in [-0.3, -0.25) is 14.5 Å². The topological polar surface area (TPSA) is 76.4 Å². The summed E-state index contributed by atoms with van der Waals surface area (Å²) in [6.07, 6.45) is 0. The van der Waals surface area contributed by atoms with Crippen LogP contribution in [0.15, 0.2) is 30.3 Å². The van der Waals surface area contributed by atoms with Gasteiger partial charge in [-0.25, -0.2) is 0 Å². The van der Waals surface area contributed by atoms with Gasteiger partial charge in [-0.15, -0.1) is 11.3 Å². The first kappa shape index (κ1) is 22.3. The number of hydrogen-bond acceptors (Lipinski definition) is 5. The number of rotatable bonds is 5. The van der Waals surface area contributed by atoms with Gasteiger partial charge < -0.3 is 10.2 Å². The highest BCUT2D eigenvalue weighted by Gasteiger charge is 2.29. The molecule has 2 heterocycles. The Balaban J connectivity index is 1.66. The number of nitriles is 1. The number of thiophene rings is 1. The zero-order valence-corrected chi connectivity index (χ0v) is 18.9. The number of piperazine rings is 1. The van der Waals surface area contributed by atoms with E-state index in [0.717, 1.165) is 5.56 Å². The fourth-order valence-corrected chi connectivity index (χ4v) is 4.84. The molecule has 3 rings (SSSR count). The molecule has 2 aromatic rings. The molecule has 1 aliphatic heterocycles. The number of nitrogens with one attached hydrogen (secondary N) is 1. The van der Waals surface area contributed by atoms with Crippen molar-refractivity contribution in [3.05, 3.63) is 51.4 Å². The van der Waals surface area contributed by atoms with Crippen molar-refractivity contribution >= 4 is 39.8 Å². The average molecular weight is 445 g/mol. The van der Waals surface area contributed by atoms with Gasteiger partial charge in [0.05, 0.1) is 26.5 Å². The average Bonchev–Trinajstić information content (AvgIpc) is 3.08. The third-order valence-electron chi connectivity index (χ3n) is 5.23. The van der Waals surface area contributed by atoms with Crippen LogP contribution < -0.4 is 5.32 Å². The molecule has 1 unspecified atom stereocenters. The summed E-state index contributed by atoms with van der Waals surface area (Å²) >= 11 is 7.37. The van der Waals surface area contributed by atoms with Crippen molar-refractivity contribution < 1.29 is 9.59 Å². The zero-order valence-electron chi connectivity index (χ0n) is 17.3. The Morgan fingerprint density at radius 1 is 1.20 bits per heavy atom. The predicted molar refractivity (Wildman–Crippen MR) is 120 cm³/mol. The first-order valence-electron chi connectivity index (χ1n) is 9.91. The number of carbonyl (C=O) groups excluding carboxylic acids is 2. The number of nitrogens with zero attached hydrogens (tertiary/aromatic N) is 3. The van der Waals surface area contributed by atoms with Crippen molar-refractivity contribution in [3.8, 4) is 6.07 Å². The molecule has 30 heavy (non-hydrogen) atoms. The van der Waals surface area contributed by atoms with Gasteiger partial charge in [0.1, 0.15) is 6.04 Å². The lowest BCUT2D eigenvalue weighted by Crippen LogP contribution is -2.52. The maximum Gasteiger partial charge on any atom is 0.264 e. The van der Waals surface area contributed by atoms with Crippen LogP contribution in [0.1, 0.15) is 39.4 Å². The van der Waals surface area contributed by atoms with E-state index in [1.165, 1.54) is 11.3 Å². The van der Waals surface area contributed by atoms with Crippen molar-refractivity contribution in [2.75, 3.05) is 31.5 Å². The molecule has 1 aromatic carbocycles. The van der Waals surface area contributed by atoms with E-state index >= 15 is 0 Å². The highest BCUT2D eigenvalue weighted by molar-refractivity contribution is 7.18. The van der Waals surface area contributed by atoms with Crippen LogP contribution >= 0.6 is 22.9 Å². The van der Waals surface area contributed by atoms with Crippen molar-refractivity contribution in [1.29, 1.82) is 5.26 Å². The molecule has 1 fully saturated rings. The summed E-state index contributed by atoms with van der Waals surface area (Å²) in [6.45, 7) is 8.49. The van der Waals surface area contributed by atoms with Gasteiger partial charge >= 0.3 is 0 Å². The molecule has 0 aliphatic carbocycles. The standard InChI is InChI=1S/C22H25ClN4O2S/c1-14(2)18(13-24)26-8-10-27(11-9-26)22(29)20-15(3)12-19(30-20)25-21(28)16-6-4-5-7-17(16)23/h4-7,12,14,18H,8-11H2,1-3H3,(H,25,28). The molecule has 1 aromatic heterocycles. The number of amides is 2. The Labute approximate surface area is 186 Å².